The normalized spacial score (nSPS) is 14.4. The Morgan fingerprint density at radius 1 is 1.10 bits per heavy atom. The number of nitrogens with two attached hydrogens (primary N) is 1. The van der Waals surface area contributed by atoms with Gasteiger partial charge in [0.2, 0.25) is 23.6 Å². The van der Waals surface area contributed by atoms with Gasteiger partial charge in [0, 0.05) is 37.1 Å². The predicted octanol–water partition coefficient (Wildman–Crippen LogP) is 0.263. The lowest BCUT2D eigenvalue weighted by molar-refractivity contribution is -0.138. The standard InChI is InChI=1S/C14H15N3O4/c15-14(21)9-1-3-10(4-2-9)16-11(18)7-8-17-12(19)5-6-13(17)20/h1-4H,5-8H2,(H2,15,21)(H,16,18). The van der Waals surface area contributed by atoms with Crippen LogP contribution < -0.4 is 11.1 Å². The molecule has 0 unspecified atom stereocenters. The number of carbonyl (C=O) groups excluding carboxylic acids is 4. The van der Waals surface area contributed by atoms with Gasteiger partial charge < -0.3 is 11.1 Å². The fourth-order valence-corrected chi connectivity index (χ4v) is 2.03. The molecule has 2 rings (SSSR count). The number of hydrogen-bond acceptors (Lipinski definition) is 4. The van der Waals surface area contributed by atoms with E-state index in [-0.39, 0.29) is 43.5 Å². The Balaban J connectivity index is 1.85. The molecular formula is C14H15N3O4. The minimum atomic E-state index is -0.543. The summed E-state index contributed by atoms with van der Waals surface area (Å²) < 4.78 is 0. The summed E-state index contributed by atoms with van der Waals surface area (Å²) in [5.74, 6) is -1.33. The molecule has 0 atom stereocenters. The molecule has 3 N–H and O–H groups in total. The van der Waals surface area contributed by atoms with E-state index in [1.54, 1.807) is 12.1 Å². The molecule has 1 aliphatic rings. The van der Waals surface area contributed by atoms with E-state index in [1.165, 1.54) is 12.1 Å². The molecule has 1 aromatic rings. The first-order valence-electron chi connectivity index (χ1n) is 6.50. The zero-order valence-electron chi connectivity index (χ0n) is 11.3. The van der Waals surface area contributed by atoms with Gasteiger partial charge in [-0.1, -0.05) is 0 Å². The third-order valence-electron chi connectivity index (χ3n) is 3.17. The molecule has 1 aromatic carbocycles. The van der Waals surface area contributed by atoms with Crippen LogP contribution in [-0.4, -0.2) is 35.1 Å². The lowest BCUT2D eigenvalue weighted by atomic mass is 10.2. The van der Waals surface area contributed by atoms with Crippen LogP contribution in [0.5, 0.6) is 0 Å². The smallest absolute Gasteiger partial charge is 0.248 e. The second-order valence-electron chi connectivity index (χ2n) is 4.68. The van der Waals surface area contributed by atoms with Crippen molar-refractivity contribution in [2.75, 3.05) is 11.9 Å². The number of amides is 4. The summed E-state index contributed by atoms with van der Waals surface area (Å²) in [7, 11) is 0. The number of nitrogens with one attached hydrogen (secondary N) is 1. The Labute approximate surface area is 121 Å². The van der Waals surface area contributed by atoms with Gasteiger partial charge in [0.15, 0.2) is 0 Å². The van der Waals surface area contributed by atoms with Crippen molar-refractivity contribution in [1.29, 1.82) is 0 Å². The van der Waals surface area contributed by atoms with Gasteiger partial charge in [-0.3, -0.25) is 24.1 Å². The average molecular weight is 289 g/mol. The van der Waals surface area contributed by atoms with Crippen LogP contribution in [0.2, 0.25) is 0 Å². The van der Waals surface area contributed by atoms with Crippen LogP contribution in [0.3, 0.4) is 0 Å². The molecule has 1 aliphatic heterocycles. The number of imide groups is 1. The average Bonchev–Trinajstić information content (AvgIpc) is 2.76. The fourth-order valence-electron chi connectivity index (χ4n) is 2.03. The molecule has 0 saturated carbocycles. The summed E-state index contributed by atoms with van der Waals surface area (Å²) in [6.45, 7) is 0.0862. The Kier molecular flexibility index (Phi) is 4.32. The zero-order valence-corrected chi connectivity index (χ0v) is 11.3. The Hall–Kier alpha value is -2.70. The molecule has 21 heavy (non-hydrogen) atoms. The van der Waals surface area contributed by atoms with Crippen molar-refractivity contribution in [3.63, 3.8) is 0 Å². The van der Waals surface area contributed by atoms with Gasteiger partial charge in [0.05, 0.1) is 0 Å². The van der Waals surface area contributed by atoms with Gasteiger partial charge >= 0.3 is 0 Å². The number of nitrogens with zero attached hydrogens (tertiary/aromatic N) is 1. The lowest BCUT2D eigenvalue weighted by Crippen LogP contribution is -2.32. The summed E-state index contributed by atoms with van der Waals surface area (Å²) in [4.78, 5) is 46.5. The first kappa shape index (κ1) is 14.7. The number of rotatable bonds is 5. The summed E-state index contributed by atoms with van der Waals surface area (Å²) in [6, 6.07) is 6.13. The molecule has 0 spiro atoms. The number of primary amides is 1. The molecule has 0 aromatic heterocycles. The highest BCUT2D eigenvalue weighted by Crippen LogP contribution is 2.13. The van der Waals surface area contributed by atoms with E-state index in [0.29, 0.717) is 11.3 Å². The van der Waals surface area contributed by atoms with Crippen molar-refractivity contribution < 1.29 is 19.2 Å². The van der Waals surface area contributed by atoms with Crippen LogP contribution in [-0.2, 0) is 14.4 Å². The SMILES string of the molecule is NC(=O)c1ccc(NC(=O)CCN2C(=O)CCC2=O)cc1. The van der Waals surface area contributed by atoms with Crippen LogP contribution in [0.1, 0.15) is 29.6 Å². The highest BCUT2D eigenvalue weighted by molar-refractivity contribution is 6.02. The summed E-state index contributed by atoms with van der Waals surface area (Å²) in [6.07, 6.45) is 0.471. The first-order valence-corrected chi connectivity index (χ1v) is 6.50. The van der Waals surface area contributed by atoms with Crippen molar-refractivity contribution in [1.82, 2.24) is 4.90 Å². The maximum absolute atomic E-state index is 11.7. The van der Waals surface area contributed by atoms with Gasteiger partial charge in [-0.05, 0) is 24.3 Å². The molecule has 110 valence electrons. The summed E-state index contributed by atoms with van der Waals surface area (Å²) >= 11 is 0. The zero-order chi connectivity index (χ0) is 15.4. The largest absolute Gasteiger partial charge is 0.366 e. The minimum Gasteiger partial charge on any atom is -0.366 e. The molecule has 0 aliphatic carbocycles. The van der Waals surface area contributed by atoms with E-state index in [4.69, 9.17) is 5.73 Å². The van der Waals surface area contributed by atoms with E-state index in [1.807, 2.05) is 0 Å². The van der Waals surface area contributed by atoms with Crippen molar-refractivity contribution in [3.05, 3.63) is 29.8 Å². The van der Waals surface area contributed by atoms with Crippen LogP contribution in [0.4, 0.5) is 5.69 Å². The molecule has 4 amide bonds. The number of anilines is 1. The Morgan fingerprint density at radius 2 is 1.67 bits per heavy atom. The molecule has 1 saturated heterocycles. The topological polar surface area (TPSA) is 110 Å². The van der Waals surface area contributed by atoms with Crippen molar-refractivity contribution in [3.8, 4) is 0 Å². The second-order valence-corrected chi connectivity index (χ2v) is 4.68. The molecule has 7 heteroatoms. The van der Waals surface area contributed by atoms with E-state index in [9.17, 15) is 19.2 Å². The highest BCUT2D eigenvalue weighted by atomic mass is 16.2. The lowest BCUT2D eigenvalue weighted by Gasteiger charge is -2.13. The maximum Gasteiger partial charge on any atom is 0.248 e. The predicted molar refractivity (Wildman–Crippen MR) is 74.2 cm³/mol. The van der Waals surface area contributed by atoms with Gasteiger partial charge in [0.25, 0.3) is 0 Å². The number of carbonyl (C=O) groups is 4. The first-order chi connectivity index (χ1) is 9.97. The van der Waals surface area contributed by atoms with E-state index in [0.717, 1.165) is 4.90 Å². The second kappa shape index (κ2) is 6.17. The fraction of sp³-hybridized carbons (Fsp3) is 0.286. The third kappa shape index (κ3) is 3.65. The summed E-state index contributed by atoms with van der Waals surface area (Å²) in [5.41, 5.74) is 5.98. The van der Waals surface area contributed by atoms with Gasteiger partial charge in [-0.2, -0.15) is 0 Å². The van der Waals surface area contributed by atoms with E-state index < -0.39 is 5.91 Å². The van der Waals surface area contributed by atoms with Gasteiger partial charge in [-0.15, -0.1) is 0 Å². The molecule has 1 heterocycles. The van der Waals surface area contributed by atoms with Crippen molar-refractivity contribution >= 4 is 29.3 Å². The van der Waals surface area contributed by atoms with Crippen molar-refractivity contribution in [2.24, 2.45) is 5.73 Å². The highest BCUT2D eigenvalue weighted by Gasteiger charge is 2.28. The maximum atomic E-state index is 11.7. The minimum absolute atomic E-state index is 0.0368. The third-order valence-corrected chi connectivity index (χ3v) is 3.17. The van der Waals surface area contributed by atoms with E-state index >= 15 is 0 Å². The van der Waals surface area contributed by atoms with Crippen LogP contribution >= 0.6 is 0 Å². The number of benzene rings is 1. The van der Waals surface area contributed by atoms with Gasteiger partial charge in [-0.25, -0.2) is 0 Å². The number of likely N-dealkylation sites (tertiary alicyclic amines) is 1. The van der Waals surface area contributed by atoms with Crippen molar-refractivity contribution in [2.45, 2.75) is 19.3 Å². The number of hydrogen-bond donors (Lipinski definition) is 2. The molecule has 0 radical (unpaired) electrons. The molecule has 1 fully saturated rings. The van der Waals surface area contributed by atoms with Gasteiger partial charge in [0.1, 0.15) is 0 Å². The van der Waals surface area contributed by atoms with Crippen LogP contribution in [0.15, 0.2) is 24.3 Å². The molecule has 0 bridgehead atoms. The Morgan fingerprint density at radius 3 is 2.19 bits per heavy atom. The Bertz CT molecular complexity index is 579. The van der Waals surface area contributed by atoms with E-state index in [2.05, 4.69) is 5.32 Å². The van der Waals surface area contributed by atoms with Crippen LogP contribution in [0, 0.1) is 0 Å². The quantitative estimate of drug-likeness (QED) is 0.758. The van der Waals surface area contributed by atoms with Crippen LogP contribution in [0.25, 0.3) is 0 Å². The monoisotopic (exact) mass is 289 g/mol. The summed E-state index contributed by atoms with van der Waals surface area (Å²) in [5, 5.41) is 2.62. The molecular weight excluding hydrogens is 274 g/mol. The molecule has 7 nitrogen and oxygen atoms in total.